The lowest BCUT2D eigenvalue weighted by Crippen LogP contribution is -2.34. The van der Waals surface area contributed by atoms with E-state index >= 15 is 0 Å². The quantitative estimate of drug-likeness (QED) is 0.378. The van der Waals surface area contributed by atoms with Gasteiger partial charge in [0.25, 0.3) is 5.91 Å². The smallest absolute Gasteiger partial charge is 0.287 e. The molecule has 0 saturated carbocycles. The summed E-state index contributed by atoms with van der Waals surface area (Å²) in [4.78, 5) is 16.1. The molecular weight excluding hydrogens is 375 g/mol. The molecule has 6 nitrogen and oxygen atoms in total. The largest absolute Gasteiger partial charge is 0.459 e. The number of carbonyl (C=O) groups is 1. The number of nitrogens with one attached hydrogen (secondary N) is 2. The molecule has 26 heavy (non-hydrogen) atoms. The summed E-state index contributed by atoms with van der Waals surface area (Å²) in [5.74, 6) is 0.425. The van der Waals surface area contributed by atoms with Crippen LogP contribution in [-0.2, 0) is 0 Å². The summed E-state index contributed by atoms with van der Waals surface area (Å²) in [6, 6.07) is 6.96. The highest BCUT2D eigenvalue weighted by Gasteiger charge is 2.12. The van der Waals surface area contributed by atoms with Crippen molar-refractivity contribution in [2.24, 2.45) is 10.7 Å². The van der Waals surface area contributed by atoms with Crippen LogP contribution in [0.25, 0.3) is 0 Å². The van der Waals surface area contributed by atoms with Gasteiger partial charge in [0.2, 0.25) is 0 Å². The van der Waals surface area contributed by atoms with Crippen LogP contribution in [0.1, 0.15) is 41.1 Å². The van der Waals surface area contributed by atoms with Gasteiger partial charge in [-0.3, -0.25) is 9.79 Å². The predicted octanol–water partition coefficient (Wildman–Crippen LogP) is 3.68. The number of nitrogens with two attached hydrogens (primary N) is 1. The zero-order chi connectivity index (χ0) is 19.1. The molecule has 0 bridgehead atoms. The number of guanidine groups is 1. The molecule has 1 aromatic heterocycles. The van der Waals surface area contributed by atoms with E-state index in [9.17, 15) is 4.79 Å². The second kappa shape index (κ2) is 9.50. The molecule has 0 aliphatic heterocycles. The molecule has 0 aliphatic carbocycles. The van der Waals surface area contributed by atoms with E-state index in [1.165, 1.54) is 6.26 Å². The van der Waals surface area contributed by atoms with Gasteiger partial charge in [-0.1, -0.05) is 29.3 Å². The molecule has 1 heterocycles. The average Bonchev–Trinajstić information content (AvgIpc) is 3.00. The van der Waals surface area contributed by atoms with Crippen molar-refractivity contribution in [2.45, 2.75) is 26.3 Å². The monoisotopic (exact) mass is 396 g/mol. The van der Waals surface area contributed by atoms with Gasteiger partial charge in [-0.05, 0) is 44.0 Å². The van der Waals surface area contributed by atoms with E-state index in [1.807, 2.05) is 19.9 Å². The van der Waals surface area contributed by atoms with Crippen LogP contribution in [0.2, 0.25) is 10.0 Å². The first-order valence-corrected chi connectivity index (χ1v) is 8.97. The van der Waals surface area contributed by atoms with Gasteiger partial charge in [0.15, 0.2) is 11.7 Å². The van der Waals surface area contributed by atoms with Crippen molar-refractivity contribution in [3.63, 3.8) is 0 Å². The number of hydrogen-bond donors (Lipinski definition) is 3. The van der Waals surface area contributed by atoms with Crippen LogP contribution in [0, 0.1) is 6.92 Å². The number of nitrogens with zero attached hydrogens (tertiary/aromatic N) is 1. The third-order valence-electron chi connectivity index (χ3n) is 3.76. The average molecular weight is 397 g/mol. The molecule has 2 aromatic rings. The molecular formula is C18H22Cl2N4O2. The third kappa shape index (κ3) is 5.68. The molecule has 4 N–H and O–H groups in total. The van der Waals surface area contributed by atoms with Crippen molar-refractivity contribution in [2.75, 3.05) is 13.1 Å². The van der Waals surface area contributed by atoms with Gasteiger partial charge >= 0.3 is 0 Å². The Morgan fingerprint density at radius 3 is 2.77 bits per heavy atom. The molecule has 8 heteroatoms. The minimum atomic E-state index is -0.228. The van der Waals surface area contributed by atoms with Crippen molar-refractivity contribution < 1.29 is 9.21 Å². The summed E-state index contributed by atoms with van der Waals surface area (Å²) in [5, 5.41) is 7.02. The first-order valence-electron chi connectivity index (χ1n) is 8.22. The van der Waals surface area contributed by atoms with Crippen LogP contribution < -0.4 is 16.4 Å². The first kappa shape index (κ1) is 20.1. The van der Waals surface area contributed by atoms with E-state index in [4.69, 9.17) is 33.4 Å². The van der Waals surface area contributed by atoms with Gasteiger partial charge in [-0.2, -0.15) is 0 Å². The summed E-state index contributed by atoms with van der Waals surface area (Å²) in [6.07, 6.45) is 2.15. The van der Waals surface area contributed by atoms with E-state index in [1.54, 1.807) is 18.2 Å². The Morgan fingerprint density at radius 1 is 1.35 bits per heavy atom. The van der Waals surface area contributed by atoms with Crippen LogP contribution in [0.15, 0.2) is 39.9 Å². The molecule has 0 saturated heterocycles. The van der Waals surface area contributed by atoms with Crippen molar-refractivity contribution in [1.29, 1.82) is 0 Å². The molecule has 0 spiro atoms. The normalized spacial score (nSPS) is 12.7. The van der Waals surface area contributed by atoms with E-state index < -0.39 is 0 Å². The zero-order valence-corrected chi connectivity index (χ0v) is 16.2. The van der Waals surface area contributed by atoms with E-state index in [2.05, 4.69) is 15.6 Å². The molecule has 1 aromatic carbocycles. The van der Waals surface area contributed by atoms with Gasteiger partial charge in [-0.15, -0.1) is 0 Å². The number of rotatable bonds is 7. The minimum Gasteiger partial charge on any atom is -0.459 e. The fourth-order valence-electron chi connectivity index (χ4n) is 2.36. The number of carbonyl (C=O) groups excluding carboxylic acids is 1. The van der Waals surface area contributed by atoms with Gasteiger partial charge in [0.1, 0.15) is 0 Å². The molecule has 2 rings (SSSR count). The number of aliphatic imine (C=N–C) groups is 1. The van der Waals surface area contributed by atoms with Crippen LogP contribution in [-0.4, -0.2) is 25.0 Å². The second-order valence-corrected chi connectivity index (χ2v) is 6.68. The van der Waals surface area contributed by atoms with Crippen LogP contribution in [0.3, 0.4) is 0 Å². The molecule has 140 valence electrons. The Bertz CT molecular complexity index is 789. The maximum absolute atomic E-state index is 11.9. The summed E-state index contributed by atoms with van der Waals surface area (Å²) in [7, 11) is 0. The fraction of sp³-hybridized carbons (Fsp3) is 0.333. The SMILES string of the molecule is Cc1ccoc1C(=O)NCCCN=C(N)NC(C)c1ccc(Cl)cc1Cl. The van der Waals surface area contributed by atoms with E-state index in [0.29, 0.717) is 41.3 Å². The Balaban J connectivity index is 1.74. The van der Waals surface area contributed by atoms with Gasteiger partial charge in [0.05, 0.1) is 12.3 Å². The first-order chi connectivity index (χ1) is 12.4. The molecule has 1 amide bonds. The summed E-state index contributed by atoms with van der Waals surface area (Å²) >= 11 is 12.1. The van der Waals surface area contributed by atoms with Gasteiger partial charge < -0.3 is 20.8 Å². The van der Waals surface area contributed by atoms with Crippen LogP contribution in [0.5, 0.6) is 0 Å². The van der Waals surface area contributed by atoms with Crippen molar-refractivity contribution in [3.8, 4) is 0 Å². The third-order valence-corrected chi connectivity index (χ3v) is 4.33. The number of aryl methyl sites for hydroxylation is 1. The van der Waals surface area contributed by atoms with Crippen molar-refractivity contribution >= 4 is 35.1 Å². The van der Waals surface area contributed by atoms with Crippen molar-refractivity contribution in [1.82, 2.24) is 10.6 Å². The van der Waals surface area contributed by atoms with Gasteiger partial charge in [0, 0.05) is 28.7 Å². The number of furan rings is 1. The number of amides is 1. The summed E-state index contributed by atoms with van der Waals surface area (Å²) in [5.41, 5.74) is 7.59. The number of hydrogen-bond acceptors (Lipinski definition) is 3. The van der Waals surface area contributed by atoms with Gasteiger partial charge in [-0.25, -0.2) is 0 Å². The minimum absolute atomic E-state index is 0.106. The van der Waals surface area contributed by atoms with Crippen LogP contribution in [0.4, 0.5) is 0 Å². The lowest BCUT2D eigenvalue weighted by atomic mass is 10.1. The maximum Gasteiger partial charge on any atom is 0.287 e. The maximum atomic E-state index is 11.9. The Kier molecular flexibility index (Phi) is 7.36. The molecule has 1 atom stereocenters. The lowest BCUT2D eigenvalue weighted by Gasteiger charge is -2.16. The fourth-order valence-corrected chi connectivity index (χ4v) is 2.94. The van der Waals surface area contributed by atoms with Crippen LogP contribution >= 0.6 is 23.2 Å². The highest BCUT2D eigenvalue weighted by molar-refractivity contribution is 6.35. The molecule has 0 radical (unpaired) electrons. The molecule has 1 unspecified atom stereocenters. The van der Waals surface area contributed by atoms with E-state index in [-0.39, 0.29) is 11.9 Å². The van der Waals surface area contributed by atoms with E-state index in [0.717, 1.165) is 11.1 Å². The highest BCUT2D eigenvalue weighted by atomic mass is 35.5. The second-order valence-electron chi connectivity index (χ2n) is 5.84. The topological polar surface area (TPSA) is 92.7 Å². The number of benzene rings is 1. The van der Waals surface area contributed by atoms with Crippen molar-refractivity contribution in [3.05, 3.63) is 57.5 Å². The Morgan fingerprint density at radius 2 is 2.12 bits per heavy atom. The summed E-state index contributed by atoms with van der Waals surface area (Å²) < 4.78 is 5.14. The summed E-state index contributed by atoms with van der Waals surface area (Å²) in [6.45, 7) is 4.72. The lowest BCUT2D eigenvalue weighted by molar-refractivity contribution is 0.0925. The zero-order valence-electron chi connectivity index (χ0n) is 14.7. The molecule has 0 fully saturated rings. The Labute approximate surface area is 162 Å². The molecule has 0 aliphatic rings. The predicted molar refractivity (Wildman–Crippen MR) is 105 cm³/mol. The number of halogens is 2. The Hall–Kier alpha value is -2.18. The highest BCUT2D eigenvalue weighted by Crippen LogP contribution is 2.25. The standard InChI is InChI=1S/C18H22Cl2N4O2/c1-11-6-9-26-16(11)17(25)22-7-3-8-23-18(21)24-12(2)14-5-4-13(19)10-15(14)20/h4-6,9-10,12H,3,7-8H2,1-2H3,(H,22,25)(H3,21,23,24).